The van der Waals surface area contributed by atoms with Crippen LogP contribution in [-0.2, 0) is 6.54 Å². The molecule has 0 saturated carbocycles. The number of nitrogens with zero attached hydrogens (tertiary/aromatic N) is 3. The Morgan fingerprint density at radius 1 is 1.07 bits per heavy atom. The van der Waals surface area contributed by atoms with E-state index in [-0.39, 0.29) is 5.91 Å². The molecule has 2 aromatic carbocycles. The molecular formula is C23H24N4O3. The summed E-state index contributed by atoms with van der Waals surface area (Å²) in [6, 6.07) is 15.0. The van der Waals surface area contributed by atoms with Crippen molar-refractivity contribution in [3.05, 3.63) is 54.1 Å². The Balaban J connectivity index is 1.78. The monoisotopic (exact) mass is 404 g/mol. The first-order valence-corrected chi connectivity index (χ1v) is 9.79. The van der Waals surface area contributed by atoms with E-state index in [1.807, 2.05) is 35.0 Å². The van der Waals surface area contributed by atoms with Gasteiger partial charge in [-0.2, -0.15) is 5.10 Å². The average Bonchev–Trinajstić information content (AvgIpc) is 3.07. The Hall–Kier alpha value is -3.61. The number of anilines is 1. The molecule has 2 aromatic heterocycles. The fraction of sp³-hybridized carbons (Fsp3) is 0.261. The van der Waals surface area contributed by atoms with Crippen molar-refractivity contribution in [1.82, 2.24) is 14.8 Å². The molecule has 1 N–H and O–H groups in total. The first kappa shape index (κ1) is 19.7. The highest BCUT2D eigenvalue weighted by Gasteiger charge is 2.18. The number of aromatic nitrogens is 3. The van der Waals surface area contributed by atoms with Gasteiger partial charge in [0.1, 0.15) is 11.5 Å². The van der Waals surface area contributed by atoms with E-state index >= 15 is 0 Å². The highest BCUT2D eigenvalue weighted by atomic mass is 16.5. The van der Waals surface area contributed by atoms with Crippen molar-refractivity contribution in [3.8, 4) is 11.5 Å². The molecule has 154 valence electrons. The Bertz CT molecular complexity index is 1210. The number of methoxy groups -OCH3 is 2. The lowest BCUT2D eigenvalue weighted by Gasteiger charge is -2.08. The SMILES string of the molecule is COc1cc(OC)cc(C(=O)Nc2nn(CC(C)C)c3nc4ccccc4cc23)c1. The summed E-state index contributed by atoms with van der Waals surface area (Å²) in [4.78, 5) is 17.8. The second kappa shape index (κ2) is 8.02. The molecule has 30 heavy (non-hydrogen) atoms. The van der Waals surface area contributed by atoms with Crippen molar-refractivity contribution in [2.75, 3.05) is 19.5 Å². The van der Waals surface area contributed by atoms with Crippen LogP contribution in [0.1, 0.15) is 24.2 Å². The quantitative estimate of drug-likeness (QED) is 0.512. The topological polar surface area (TPSA) is 78.3 Å². The van der Waals surface area contributed by atoms with Crippen LogP contribution in [0.2, 0.25) is 0 Å². The summed E-state index contributed by atoms with van der Waals surface area (Å²) in [5.41, 5.74) is 2.07. The van der Waals surface area contributed by atoms with E-state index in [4.69, 9.17) is 14.5 Å². The number of benzene rings is 2. The van der Waals surface area contributed by atoms with Crippen molar-refractivity contribution in [2.45, 2.75) is 20.4 Å². The first-order chi connectivity index (χ1) is 14.5. The van der Waals surface area contributed by atoms with Gasteiger partial charge in [-0.25, -0.2) is 9.67 Å². The Morgan fingerprint density at radius 3 is 2.43 bits per heavy atom. The normalized spacial score (nSPS) is 11.2. The third-order valence-corrected chi connectivity index (χ3v) is 4.81. The molecule has 0 atom stereocenters. The molecule has 1 amide bonds. The van der Waals surface area contributed by atoms with Gasteiger partial charge in [0.2, 0.25) is 0 Å². The number of ether oxygens (including phenoxy) is 2. The molecule has 0 spiro atoms. The molecule has 4 rings (SSSR count). The van der Waals surface area contributed by atoms with Crippen LogP contribution in [0.25, 0.3) is 21.9 Å². The molecule has 0 aliphatic heterocycles. The number of carbonyl (C=O) groups is 1. The van der Waals surface area contributed by atoms with Gasteiger partial charge in [0.15, 0.2) is 11.5 Å². The lowest BCUT2D eigenvalue weighted by atomic mass is 10.1. The van der Waals surface area contributed by atoms with Gasteiger partial charge in [-0.3, -0.25) is 4.79 Å². The summed E-state index contributed by atoms with van der Waals surface area (Å²) in [6.07, 6.45) is 0. The molecule has 0 saturated heterocycles. The van der Waals surface area contributed by atoms with Crippen LogP contribution < -0.4 is 14.8 Å². The van der Waals surface area contributed by atoms with Crippen LogP contribution in [0, 0.1) is 5.92 Å². The van der Waals surface area contributed by atoms with E-state index in [2.05, 4.69) is 24.3 Å². The number of pyridine rings is 1. The molecule has 7 nitrogen and oxygen atoms in total. The van der Waals surface area contributed by atoms with Gasteiger partial charge in [0, 0.05) is 23.6 Å². The van der Waals surface area contributed by atoms with Crippen LogP contribution in [0.4, 0.5) is 5.82 Å². The molecule has 0 unspecified atom stereocenters. The van der Waals surface area contributed by atoms with E-state index in [9.17, 15) is 4.79 Å². The number of hydrogen-bond donors (Lipinski definition) is 1. The fourth-order valence-electron chi connectivity index (χ4n) is 3.38. The van der Waals surface area contributed by atoms with Crippen LogP contribution in [0.5, 0.6) is 11.5 Å². The predicted molar refractivity (Wildman–Crippen MR) is 117 cm³/mol. The van der Waals surface area contributed by atoms with Gasteiger partial charge in [0.25, 0.3) is 5.91 Å². The fourth-order valence-corrected chi connectivity index (χ4v) is 3.38. The van der Waals surface area contributed by atoms with Gasteiger partial charge < -0.3 is 14.8 Å². The number of nitrogens with one attached hydrogen (secondary N) is 1. The second-order valence-electron chi connectivity index (χ2n) is 7.53. The maximum atomic E-state index is 13.0. The zero-order valence-corrected chi connectivity index (χ0v) is 17.5. The summed E-state index contributed by atoms with van der Waals surface area (Å²) in [5.74, 6) is 1.66. The molecule has 7 heteroatoms. The van der Waals surface area contributed by atoms with Gasteiger partial charge in [-0.05, 0) is 30.2 Å². The van der Waals surface area contributed by atoms with Gasteiger partial charge in [-0.15, -0.1) is 0 Å². The molecule has 4 aromatic rings. The number of hydrogen-bond acceptors (Lipinski definition) is 5. The number of fused-ring (bicyclic) bond motifs is 2. The third-order valence-electron chi connectivity index (χ3n) is 4.81. The van der Waals surface area contributed by atoms with Gasteiger partial charge >= 0.3 is 0 Å². The number of amides is 1. The average molecular weight is 404 g/mol. The van der Waals surface area contributed by atoms with E-state index in [1.165, 1.54) is 0 Å². The van der Waals surface area contributed by atoms with Crippen LogP contribution in [0.3, 0.4) is 0 Å². The molecule has 0 fully saturated rings. The van der Waals surface area contributed by atoms with Crippen LogP contribution in [0.15, 0.2) is 48.5 Å². The predicted octanol–water partition coefficient (Wildman–Crippen LogP) is 4.51. The van der Waals surface area contributed by atoms with Crippen molar-refractivity contribution in [3.63, 3.8) is 0 Å². The van der Waals surface area contributed by atoms with Crippen molar-refractivity contribution < 1.29 is 14.3 Å². The Labute approximate surface area is 174 Å². The van der Waals surface area contributed by atoms with E-state index in [0.717, 1.165) is 21.9 Å². The molecular weight excluding hydrogens is 380 g/mol. The lowest BCUT2D eigenvalue weighted by Crippen LogP contribution is -2.13. The molecule has 0 bridgehead atoms. The molecule has 2 heterocycles. The summed E-state index contributed by atoms with van der Waals surface area (Å²) >= 11 is 0. The van der Waals surface area contributed by atoms with E-state index in [1.54, 1.807) is 32.4 Å². The summed E-state index contributed by atoms with van der Waals surface area (Å²) < 4.78 is 12.4. The maximum absolute atomic E-state index is 13.0. The van der Waals surface area contributed by atoms with Gasteiger partial charge in [-0.1, -0.05) is 32.0 Å². The summed E-state index contributed by atoms with van der Waals surface area (Å²) in [7, 11) is 3.10. The Kier molecular flexibility index (Phi) is 5.27. The van der Waals surface area contributed by atoms with Crippen molar-refractivity contribution in [1.29, 1.82) is 0 Å². The lowest BCUT2D eigenvalue weighted by molar-refractivity contribution is 0.102. The molecule has 0 aliphatic carbocycles. The highest BCUT2D eigenvalue weighted by molar-refractivity contribution is 6.09. The zero-order chi connectivity index (χ0) is 21.3. The number of carbonyl (C=O) groups excluding carboxylic acids is 1. The number of para-hydroxylation sites is 1. The van der Waals surface area contributed by atoms with Crippen molar-refractivity contribution in [2.24, 2.45) is 5.92 Å². The van der Waals surface area contributed by atoms with Crippen LogP contribution in [-0.4, -0.2) is 34.9 Å². The van der Waals surface area contributed by atoms with E-state index < -0.39 is 0 Å². The second-order valence-corrected chi connectivity index (χ2v) is 7.53. The minimum absolute atomic E-state index is 0.295. The Morgan fingerprint density at radius 2 is 1.77 bits per heavy atom. The standard InChI is InChI=1S/C23H24N4O3/c1-14(2)13-27-22-19(11-15-7-5-6-8-20(15)24-22)21(26-27)25-23(28)16-9-17(29-3)12-18(10-16)30-4/h5-12,14H,13H2,1-4H3,(H,25,26,28). The molecule has 0 aliphatic rings. The largest absolute Gasteiger partial charge is 0.497 e. The summed E-state index contributed by atoms with van der Waals surface area (Å²) in [5, 5.41) is 9.40. The highest BCUT2D eigenvalue weighted by Crippen LogP contribution is 2.28. The molecule has 0 radical (unpaired) electrons. The minimum Gasteiger partial charge on any atom is -0.497 e. The third kappa shape index (κ3) is 3.78. The zero-order valence-electron chi connectivity index (χ0n) is 17.5. The maximum Gasteiger partial charge on any atom is 0.257 e. The number of rotatable bonds is 6. The van der Waals surface area contributed by atoms with Crippen molar-refractivity contribution >= 4 is 33.7 Å². The van der Waals surface area contributed by atoms with Crippen LogP contribution >= 0.6 is 0 Å². The summed E-state index contributed by atoms with van der Waals surface area (Å²) in [6.45, 7) is 4.94. The van der Waals surface area contributed by atoms with E-state index in [0.29, 0.717) is 35.3 Å². The first-order valence-electron chi connectivity index (χ1n) is 9.79. The minimum atomic E-state index is -0.295. The van der Waals surface area contributed by atoms with Gasteiger partial charge in [0.05, 0.1) is 25.1 Å². The smallest absolute Gasteiger partial charge is 0.257 e.